The smallest absolute Gasteiger partial charge is 0.154 e. The fraction of sp³-hybridized carbons (Fsp3) is 0.400. The van der Waals surface area contributed by atoms with Crippen LogP contribution in [0, 0.1) is 0 Å². The Morgan fingerprint density at radius 3 is 2.25 bits per heavy atom. The number of nitrogens with two attached hydrogens (primary N) is 1. The minimum Gasteiger partial charge on any atom is -0.395 e. The van der Waals surface area contributed by atoms with Gasteiger partial charge in [-0.15, -0.1) is 0 Å². The Balaban J connectivity index is 3.00. The van der Waals surface area contributed by atoms with Crippen LogP contribution in [0.5, 0.6) is 0 Å². The molecule has 0 aliphatic carbocycles. The van der Waals surface area contributed by atoms with Crippen LogP contribution < -0.4 is 5.73 Å². The zero-order valence-corrected chi connectivity index (χ0v) is 10.4. The Morgan fingerprint density at radius 2 is 1.88 bits per heavy atom. The van der Waals surface area contributed by atoms with E-state index in [4.69, 9.17) is 22.4 Å². The van der Waals surface area contributed by atoms with Gasteiger partial charge in [0.1, 0.15) is 5.25 Å². The molecule has 2 atom stereocenters. The molecule has 0 fully saturated rings. The molecule has 1 aromatic rings. The van der Waals surface area contributed by atoms with Crippen LogP contribution in [0.25, 0.3) is 0 Å². The highest BCUT2D eigenvalue weighted by molar-refractivity contribution is 7.91. The lowest BCUT2D eigenvalue weighted by Gasteiger charge is -2.20. The van der Waals surface area contributed by atoms with Crippen LogP contribution in [0.3, 0.4) is 0 Å². The maximum Gasteiger partial charge on any atom is 0.154 e. The molecule has 3 N–H and O–H groups in total. The molecule has 0 amide bonds. The van der Waals surface area contributed by atoms with Crippen molar-refractivity contribution in [2.45, 2.75) is 11.3 Å². The average Bonchev–Trinajstić information content (AvgIpc) is 2.17. The molecule has 0 spiro atoms. The fourth-order valence-corrected chi connectivity index (χ4v) is 2.50. The van der Waals surface area contributed by atoms with Crippen molar-refractivity contribution in [3.8, 4) is 0 Å². The molecule has 0 bridgehead atoms. The summed E-state index contributed by atoms with van der Waals surface area (Å²) in [6, 6.07) is 5.82. The Hall–Kier alpha value is -0.620. The first-order valence-corrected chi connectivity index (χ1v) is 7.00. The fourth-order valence-electron chi connectivity index (χ4n) is 1.41. The Morgan fingerprint density at radius 1 is 1.38 bits per heavy atom. The number of benzene rings is 1. The first kappa shape index (κ1) is 13.4. The highest BCUT2D eigenvalue weighted by atomic mass is 35.5. The largest absolute Gasteiger partial charge is 0.395 e. The second-order valence-electron chi connectivity index (χ2n) is 3.63. The second kappa shape index (κ2) is 5.14. The van der Waals surface area contributed by atoms with Gasteiger partial charge in [0.15, 0.2) is 9.84 Å². The summed E-state index contributed by atoms with van der Waals surface area (Å²) in [5.74, 6) is 0. The van der Waals surface area contributed by atoms with Gasteiger partial charge in [0, 0.05) is 17.3 Å². The number of hydrogen-bond donors (Lipinski definition) is 2. The maximum absolute atomic E-state index is 11.4. The Kier molecular flexibility index (Phi) is 4.32. The number of aliphatic hydroxyl groups is 1. The monoisotopic (exact) mass is 263 g/mol. The lowest BCUT2D eigenvalue weighted by molar-refractivity contribution is 0.278. The van der Waals surface area contributed by atoms with E-state index in [2.05, 4.69) is 0 Å². The van der Waals surface area contributed by atoms with E-state index in [-0.39, 0.29) is 0 Å². The van der Waals surface area contributed by atoms with Gasteiger partial charge in [0.25, 0.3) is 0 Å². The SMILES string of the molecule is CS(=O)(=O)[C@H](CO)[C@H](N)c1ccc(Cl)cc1. The predicted octanol–water partition coefficient (Wildman–Crippen LogP) is 0.745. The van der Waals surface area contributed by atoms with Crippen LogP contribution in [0.2, 0.25) is 5.02 Å². The van der Waals surface area contributed by atoms with E-state index in [1.54, 1.807) is 24.3 Å². The maximum atomic E-state index is 11.4. The molecule has 0 aliphatic heterocycles. The van der Waals surface area contributed by atoms with E-state index in [9.17, 15) is 8.42 Å². The van der Waals surface area contributed by atoms with Gasteiger partial charge in [-0.1, -0.05) is 23.7 Å². The van der Waals surface area contributed by atoms with Gasteiger partial charge in [-0.2, -0.15) is 0 Å². The molecule has 0 radical (unpaired) electrons. The van der Waals surface area contributed by atoms with Gasteiger partial charge < -0.3 is 10.8 Å². The number of sulfone groups is 1. The van der Waals surface area contributed by atoms with Crippen LogP contribution >= 0.6 is 11.6 Å². The molecule has 1 rings (SSSR count). The lowest BCUT2D eigenvalue weighted by Crippen LogP contribution is -2.36. The topological polar surface area (TPSA) is 80.4 Å². The molecule has 90 valence electrons. The van der Waals surface area contributed by atoms with Crippen molar-refractivity contribution in [1.82, 2.24) is 0 Å². The summed E-state index contributed by atoms with van der Waals surface area (Å²) >= 11 is 5.71. The first-order valence-electron chi connectivity index (χ1n) is 4.67. The third-order valence-electron chi connectivity index (χ3n) is 2.39. The molecule has 16 heavy (non-hydrogen) atoms. The predicted molar refractivity (Wildman–Crippen MR) is 64.1 cm³/mol. The van der Waals surface area contributed by atoms with Crippen molar-refractivity contribution in [1.29, 1.82) is 0 Å². The van der Waals surface area contributed by atoms with Gasteiger partial charge in [-0.25, -0.2) is 8.42 Å². The number of halogens is 1. The van der Waals surface area contributed by atoms with E-state index in [0.717, 1.165) is 6.26 Å². The lowest BCUT2D eigenvalue weighted by atomic mass is 10.1. The average molecular weight is 264 g/mol. The Bertz CT molecular complexity index is 444. The quantitative estimate of drug-likeness (QED) is 0.840. The first-order chi connectivity index (χ1) is 7.36. The molecule has 4 nitrogen and oxygen atoms in total. The highest BCUT2D eigenvalue weighted by Crippen LogP contribution is 2.21. The standard InChI is InChI=1S/C10H14ClNO3S/c1-16(14,15)9(6-13)10(12)7-2-4-8(11)5-3-7/h2-5,9-10,13H,6,12H2,1H3/t9-,10-/m1/s1. The summed E-state index contributed by atoms with van der Waals surface area (Å²) < 4.78 is 22.8. The van der Waals surface area contributed by atoms with E-state index in [1.807, 2.05) is 0 Å². The third-order valence-corrected chi connectivity index (χ3v) is 4.18. The summed E-state index contributed by atoms with van der Waals surface area (Å²) in [4.78, 5) is 0. The van der Waals surface area contributed by atoms with Crippen LogP contribution in [-0.4, -0.2) is 31.6 Å². The summed E-state index contributed by atoms with van der Waals surface area (Å²) in [6.07, 6.45) is 1.06. The van der Waals surface area contributed by atoms with E-state index in [0.29, 0.717) is 10.6 Å². The summed E-state index contributed by atoms with van der Waals surface area (Å²) in [5, 5.41) is 8.62. The minimum atomic E-state index is -3.38. The number of aliphatic hydroxyl groups excluding tert-OH is 1. The normalized spacial score (nSPS) is 15.8. The van der Waals surface area contributed by atoms with Crippen LogP contribution in [0.15, 0.2) is 24.3 Å². The van der Waals surface area contributed by atoms with Gasteiger partial charge in [-0.05, 0) is 17.7 Å². The van der Waals surface area contributed by atoms with E-state index in [1.165, 1.54) is 0 Å². The van der Waals surface area contributed by atoms with Crippen LogP contribution in [0.1, 0.15) is 11.6 Å². The summed E-state index contributed by atoms with van der Waals surface area (Å²) in [7, 11) is -3.38. The van der Waals surface area contributed by atoms with Gasteiger partial charge >= 0.3 is 0 Å². The van der Waals surface area contributed by atoms with Crippen molar-refractivity contribution in [3.63, 3.8) is 0 Å². The van der Waals surface area contributed by atoms with Gasteiger partial charge in [0.05, 0.1) is 6.61 Å². The molecule has 0 aliphatic rings. The van der Waals surface area contributed by atoms with Crippen molar-refractivity contribution < 1.29 is 13.5 Å². The number of hydrogen-bond acceptors (Lipinski definition) is 4. The van der Waals surface area contributed by atoms with Gasteiger partial charge in [-0.3, -0.25) is 0 Å². The molecular formula is C10H14ClNO3S. The summed E-state index contributed by atoms with van der Waals surface area (Å²) in [6.45, 7) is -0.497. The highest BCUT2D eigenvalue weighted by Gasteiger charge is 2.28. The van der Waals surface area contributed by atoms with E-state index >= 15 is 0 Å². The zero-order chi connectivity index (χ0) is 12.3. The molecular weight excluding hydrogens is 250 g/mol. The van der Waals surface area contributed by atoms with Crippen molar-refractivity contribution in [3.05, 3.63) is 34.9 Å². The van der Waals surface area contributed by atoms with Crippen molar-refractivity contribution in [2.24, 2.45) is 5.73 Å². The molecule has 0 saturated carbocycles. The minimum absolute atomic E-state index is 0.497. The third kappa shape index (κ3) is 3.18. The van der Waals surface area contributed by atoms with Gasteiger partial charge in [0.2, 0.25) is 0 Å². The zero-order valence-electron chi connectivity index (χ0n) is 8.80. The Labute approximate surface area is 100.0 Å². The molecule has 1 aromatic carbocycles. The van der Waals surface area contributed by atoms with Crippen LogP contribution in [-0.2, 0) is 9.84 Å². The molecule has 0 unspecified atom stereocenters. The summed E-state index contributed by atoms with van der Waals surface area (Å²) in [5.41, 5.74) is 6.44. The van der Waals surface area contributed by atoms with E-state index < -0.39 is 27.7 Å². The second-order valence-corrected chi connectivity index (χ2v) is 6.33. The van der Waals surface area contributed by atoms with Crippen molar-refractivity contribution in [2.75, 3.05) is 12.9 Å². The molecule has 0 saturated heterocycles. The molecule has 6 heteroatoms. The molecule has 0 heterocycles. The number of rotatable bonds is 4. The molecule has 0 aromatic heterocycles. The van der Waals surface area contributed by atoms with Crippen molar-refractivity contribution >= 4 is 21.4 Å². The van der Waals surface area contributed by atoms with Crippen LogP contribution in [0.4, 0.5) is 0 Å².